The van der Waals surface area contributed by atoms with E-state index in [4.69, 9.17) is 11.6 Å². The van der Waals surface area contributed by atoms with Crippen molar-refractivity contribution in [2.45, 2.75) is 0 Å². The van der Waals surface area contributed by atoms with Crippen LogP contribution in [0.1, 0.15) is 0 Å². The maximum Gasteiger partial charge on any atom is 0.271 e. The first-order valence-corrected chi connectivity index (χ1v) is 6.25. The number of nitrogens with one attached hydrogen (secondary N) is 1. The second-order valence-electron chi connectivity index (χ2n) is 4.19. The molecule has 19 heavy (non-hydrogen) atoms. The van der Waals surface area contributed by atoms with E-state index in [0.29, 0.717) is 5.02 Å². The highest BCUT2D eigenvalue weighted by molar-refractivity contribution is 6.30. The predicted molar refractivity (Wildman–Crippen MR) is 76.8 cm³/mol. The molecule has 0 saturated heterocycles. The zero-order valence-corrected chi connectivity index (χ0v) is 10.8. The molecule has 3 rings (SSSR count). The molecule has 0 bridgehead atoms. The van der Waals surface area contributed by atoms with Gasteiger partial charge in [-0.05, 0) is 29.8 Å². The second kappa shape index (κ2) is 4.78. The summed E-state index contributed by atoms with van der Waals surface area (Å²) < 4.78 is 1.52. The average molecular weight is 271 g/mol. The maximum atomic E-state index is 12.0. The number of aromatic amines is 1. The summed E-state index contributed by atoms with van der Waals surface area (Å²) in [5.41, 5.74) is 2.42. The lowest BCUT2D eigenvalue weighted by atomic mass is 10.2. The third kappa shape index (κ3) is 2.33. The first-order valence-electron chi connectivity index (χ1n) is 5.87. The lowest BCUT2D eigenvalue weighted by molar-refractivity contribution is 0.852. The highest BCUT2D eigenvalue weighted by Crippen LogP contribution is 2.19. The SMILES string of the molecule is O=c1cc(-c2ccc(Cl)cc2)[nH]n1-c1ccccc1. The zero-order chi connectivity index (χ0) is 13.2. The van der Waals surface area contributed by atoms with Crippen molar-refractivity contribution in [1.82, 2.24) is 9.78 Å². The van der Waals surface area contributed by atoms with Crippen LogP contribution in [0.15, 0.2) is 65.5 Å². The smallest absolute Gasteiger partial charge is 0.271 e. The number of H-pyrrole nitrogens is 1. The number of hydrogen-bond donors (Lipinski definition) is 1. The summed E-state index contributed by atoms with van der Waals surface area (Å²) in [6.07, 6.45) is 0. The molecule has 94 valence electrons. The molecule has 2 aromatic carbocycles. The molecule has 0 aliphatic carbocycles. The van der Waals surface area contributed by atoms with Crippen molar-refractivity contribution in [2.24, 2.45) is 0 Å². The summed E-state index contributed by atoms with van der Waals surface area (Å²) in [7, 11) is 0. The molecule has 0 aliphatic rings. The predicted octanol–water partition coefficient (Wildman–Crippen LogP) is 3.49. The molecular formula is C15H11ClN2O. The highest BCUT2D eigenvalue weighted by Gasteiger charge is 2.06. The van der Waals surface area contributed by atoms with Crippen LogP contribution in [-0.2, 0) is 0 Å². The summed E-state index contributed by atoms with van der Waals surface area (Å²) in [5.74, 6) is 0. The van der Waals surface area contributed by atoms with Crippen LogP contribution >= 0.6 is 11.6 Å². The number of nitrogens with zero attached hydrogens (tertiary/aromatic N) is 1. The normalized spacial score (nSPS) is 10.6. The molecule has 0 spiro atoms. The third-order valence-electron chi connectivity index (χ3n) is 2.89. The minimum absolute atomic E-state index is 0.0869. The van der Waals surface area contributed by atoms with Crippen molar-refractivity contribution in [3.8, 4) is 16.9 Å². The van der Waals surface area contributed by atoms with Gasteiger partial charge in [0.2, 0.25) is 0 Å². The number of halogens is 1. The molecule has 0 unspecified atom stereocenters. The van der Waals surface area contributed by atoms with Crippen LogP contribution in [0.4, 0.5) is 0 Å². The molecule has 4 heteroatoms. The van der Waals surface area contributed by atoms with Gasteiger partial charge in [0.1, 0.15) is 0 Å². The molecule has 0 radical (unpaired) electrons. The average Bonchev–Trinajstić information content (AvgIpc) is 2.83. The Hall–Kier alpha value is -2.26. The van der Waals surface area contributed by atoms with Gasteiger partial charge in [0.25, 0.3) is 5.56 Å². The third-order valence-corrected chi connectivity index (χ3v) is 3.14. The molecular weight excluding hydrogens is 260 g/mol. The van der Waals surface area contributed by atoms with Crippen LogP contribution in [-0.4, -0.2) is 9.78 Å². The molecule has 1 N–H and O–H groups in total. The fraction of sp³-hybridized carbons (Fsp3) is 0. The molecule has 0 aliphatic heterocycles. The van der Waals surface area contributed by atoms with Crippen LogP contribution in [0.5, 0.6) is 0 Å². The fourth-order valence-electron chi connectivity index (χ4n) is 1.94. The zero-order valence-electron chi connectivity index (χ0n) is 10.0. The van der Waals surface area contributed by atoms with Gasteiger partial charge in [0, 0.05) is 11.1 Å². The van der Waals surface area contributed by atoms with Gasteiger partial charge < -0.3 is 0 Å². The first kappa shape index (κ1) is 11.8. The largest absolute Gasteiger partial charge is 0.290 e. The van der Waals surface area contributed by atoms with Gasteiger partial charge in [-0.3, -0.25) is 9.89 Å². The topological polar surface area (TPSA) is 37.8 Å². The van der Waals surface area contributed by atoms with Crippen molar-refractivity contribution in [3.05, 3.63) is 76.0 Å². The number of benzene rings is 2. The van der Waals surface area contributed by atoms with E-state index in [1.165, 1.54) is 4.68 Å². The van der Waals surface area contributed by atoms with Gasteiger partial charge >= 0.3 is 0 Å². The summed E-state index contributed by atoms with van der Waals surface area (Å²) in [5, 5.41) is 3.77. The van der Waals surface area contributed by atoms with E-state index in [1.54, 1.807) is 18.2 Å². The highest BCUT2D eigenvalue weighted by atomic mass is 35.5. The molecule has 0 atom stereocenters. The van der Waals surface area contributed by atoms with Crippen LogP contribution in [0.3, 0.4) is 0 Å². The van der Waals surface area contributed by atoms with Crippen LogP contribution in [0.2, 0.25) is 5.02 Å². The van der Waals surface area contributed by atoms with Gasteiger partial charge in [-0.2, -0.15) is 0 Å². The molecule has 0 amide bonds. The van der Waals surface area contributed by atoms with Crippen molar-refractivity contribution in [2.75, 3.05) is 0 Å². The van der Waals surface area contributed by atoms with Crippen molar-refractivity contribution in [1.29, 1.82) is 0 Å². The summed E-state index contributed by atoms with van der Waals surface area (Å²) in [6, 6.07) is 18.4. The summed E-state index contributed by atoms with van der Waals surface area (Å²) in [6.45, 7) is 0. The maximum absolute atomic E-state index is 12.0. The van der Waals surface area contributed by atoms with E-state index in [2.05, 4.69) is 5.10 Å². The van der Waals surface area contributed by atoms with Gasteiger partial charge in [-0.25, -0.2) is 4.68 Å². The summed E-state index contributed by atoms with van der Waals surface area (Å²) in [4.78, 5) is 12.0. The van der Waals surface area contributed by atoms with E-state index < -0.39 is 0 Å². The Morgan fingerprint density at radius 1 is 0.947 bits per heavy atom. The Bertz CT molecular complexity index is 742. The molecule has 3 aromatic rings. The van der Waals surface area contributed by atoms with Crippen LogP contribution < -0.4 is 5.56 Å². The molecule has 1 aromatic heterocycles. The molecule has 0 fully saturated rings. The Balaban J connectivity index is 2.07. The van der Waals surface area contributed by atoms with E-state index in [1.807, 2.05) is 42.5 Å². The van der Waals surface area contributed by atoms with Crippen LogP contribution in [0, 0.1) is 0 Å². The van der Waals surface area contributed by atoms with Crippen molar-refractivity contribution < 1.29 is 0 Å². The lowest BCUT2D eigenvalue weighted by Gasteiger charge is -2.01. The quantitative estimate of drug-likeness (QED) is 0.760. The monoisotopic (exact) mass is 270 g/mol. The standard InChI is InChI=1S/C15H11ClN2O/c16-12-8-6-11(7-9-12)14-10-15(19)18(17-14)13-4-2-1-3-5-13/h1-10,17H. The summed E-state index contributed by atoms with van der Waals surface area (Å²) >= 11 is 5.85. The van der Waals surface area contributed by atoms with E-state index in [9.17, 15) is 4.79 Å². The van der Waals surface area contributed by atoms with Gasteiger partial charge in [-0.15, -0.1) is 0 Å². The van der Waals surface area contributed by atoms with E-state index >= 15 is 0 Å². The van der Waals surface area contributed by atoms with E-state index in [-0.39, 0.29) is 5.56 Å². The molecule has 1 heterocycles. The van der Waals surface area contributed by atoms with Crippen molar-refractivity contribution >= 4 is 11.6 Å². The Kier molecular flexibility index (Phi) is 2.97. The lowest BCUT2D eigenvalue weighted by Crippen LogP contribution is -2.12. The number of para-hydroxylation sites is 1. The van der Waals surface area contributed by atoms with Gasteiger partial charge in [0.05, 0.1) is 11.4 Å². The minimum atomic E-state index is -0.0869. The Morgan fingerprint density at radius 2 is 1.63 bits per heavy atom. The minimum Gasteiger partial charge on any atom is -0.290 e. The molecule has 3 nitrogen and oxygen atoms in total. The fourth-order valence-corrected chi connectivity index (χ4v) is 2.07. The Labute approximate surface area is 115 Å². The van der Waals surface area contributed by atoms with Gasteiger partial charge in [-0.1, -0.05) is 41.9 Å². The first-order chi connectivity index (χ1) is 9.24. The number of aromatic nitrogens is 2. The second-order valence-corrected chi connectivity index (χ2v) is 4.62. The van der Waals surface area contributed by atoms with Gasteiger partial charge in [0.15, 0.2) is 0 Å². The van der Waals surface area contributed by atoms with Crippen LogP contribution in [0.25, 0.3) is 16.9 Å². The van der Waals surface area contributed by atoms with E-state index in [0.717, 1.165) is 16.9 Å². The van der Waals surface area contributed by atoms with Crippen molar-refractivity contribution in [3.63, 3.8) is 0 Å². The molecule has 0 saturated carbocycles. The number of hydrogen-bond acceptors (Lipinski definition) is 1. The Morgan fingerprint density at radius 3 is 2.32 bits per heavy atom. The number of rotatable bonds is 2.